The Labute approximate surface area is 239 Å². The van der Waals surface area contributed by atoms with Crippen LogP contribution in [0.5, 0.6) is 0 Å². The van der Waals surface area contributed by atoms with Crippen LogP contribution >= 0.6 is 11.3 Å². The number of rotatable bonds is 2. The molecule has 40 heavy (non-hydrogen) atoms. The maximum atomic E-state index is 2.40. The van der Waals surface area contributed by atoms with Gasteiger partial charge >= 0.3 is 0 Å². The zero-order chi connectivity index (χ0) is 26.9. The van der Waals surface area contributed by atoms with Gasteiger partial charge in [0.1, 0.15) is 0 Å². The quantitative estimate of drug-likeness (QED) is 0.209. The summed E-state index contributed by atoms with van der Waals surface area (Å²) in [6.07, 6.45) is 21.1. The number of aryl methyl sites for hydroxylation is 1. The second-order valence-electron chi connectivity index (χ2n) is 10.5. The lowest BCUT2D eigenvalue weighted by Gasteiger charge is -2.06. The molecule has 194 valence electrons. The SMILES string of the molecule is C1=CCC=CC(c2cccc(-c3ccccc3)c2)=C1.Cn1/c2c3c(ccc4c5sccc5cc1c34)C=CCC\C=2. The summed E-state index contributed by atoms with van der Waals surface area (Å²) >= 11 is 1.85. The first-order chi connectivity index (χ1) is 19.8. The predicted octanol–water partition coefficient (Wildman–Crippen LogP) is 10.1. The molecule has 0 unspecified atom stereocenters. The molecule has 2 heterocycles. The van der Waals surface area contributed by atoms with E-state index in [2.05, 4.69) is 144 Å². The molecule has 6 aromatic rings. The maximum absolute atomic E-state index is 2.40. The minimum Gasteiger partial charge on any atom is -0.344 e. The van der Waals surface area contributed by atoms with Crippen LogP contribution in [0.2, 0.25) is 0 Å². The van der Waals surface area contributed by atoms with E-state index in [1.54, 1.807) is 0 Å². The van der Waals surface area contributed by atoms with Crippen LogP contribution in [0.4, 0.5) is 0 Å². The van der Waals surface area contributed by atoms with Crippen molar-refractivity contribution in [2.24, 2.45) is 7.05 Å². The van der Waals surface area contributed by atoms with Crippen LogP contribution < -0.4 is 5.35 Å². The van der Waals surface area contributed by atoms with Gasteiger partial charge in [0.15, 0.2) is 0 Å². The maximum Gasteiger partial charge on any atom is 0.0501 e. The topological polar surface area (TPSA) is 4.93 Å². The second kappa shape index (κ2) is 10.6. The fraction of sp³-hybridized carbons (Fsp3) is 0.105. The van der Waals surface area contributed by atoms with E-state index in [4.69, 9.17) is 0 Å². The molecule has 0 saturated carbocycles. The van der Waals surface area contributed by atoms with Crippen LogP contribution in [-0.2, 0) is 7.05 Å². The van der Waals surface area contributed by atoms with Crippen molar-refractivity contribution >= 4 is 60.8 Å². The highest BCUT2D eigenvalue weighted by Gasteiger charge is 2.16. The van der Waals surface area contributed by atoms with Gasteiger partial charge in [-0.25, -0.2) is 0 Å². The molecule has 0 amide bonds. The molecule has 0 N–H and O–H groups in total. The van der Waals surface area contributed by atoms with Gasteiger partial charge in [-0.1, -0.05) is 109 Å². The molecule has 0 saturated heterocycles. The molecule has 1 nitrogen and oxygen atoms in total. The van der Waals surface area contributed by atoms with Gasteiger partial charge < -0.3 is 4.57 Å². The van der Waals surface area contributed by atoms with Gasteiger partial charge in [-0.15, -0.1) is 11.3 Å². The molecule has 0 atom stereocenters. The molecule has 0 radical (unpaired) electrons. The average Bonchev–Trinajstić information content (AvgIpc) is 3.45. The van der Waals surface area contributed by atoms with E-state index in [1.165, 1.54) is 64.9 Å². The predicted molar refractivity (Wildman–Crippen MR) is 177 cm³/mol. The summed E-state index contributed by atoms with van der Waals surface area (Å²) in [4.78, 5) is 0. The molecular formula is C38H31NS. The minimum absolute atomic E-state index is 1.01. The minimum atomic E-state index is 1.01. The van der Waals surface area contributed by atoms with Gasteiger partial charge in [0.05, 0.1) is 5.52 Å². The van der Waals surface area contributed by atoms with Crippen molar-refractivity contribution in [3.8, 4) is 11.1 Å². The Morgan fingerprint density at radius 2 is 1.60 bits per heavy atom. The Hall–Kier alpha value is -4.40. The van der Waals surface area contributed by atoms with Crippen LogP contribution in [0.1, 0.15) is 30.4 Å². The van der Waals surface area contributed by atoms with Crippen molar-refractivity contribution in [1.82, 2.24) is 4.57 Å². The van der Waals surface area contributed by atoms with Crippen LogP contribution in [0.3, 0.4) is 0 Å². The molecule has 0 spiro atoms. The van der Waals surface area contributed by atoms with Crippen LogP contribution in [-0.4, -0.2) is 4.57 Å². The molecule has 4 aromatic carbocycles. The summed E-state index contributed by atoms with van der Waals surface area (Å²) in [7, 11) is 2.20. The number of hydrogen-bond donors (Lipinski definition) is 0. The average molecular weight is 534 g/mol. The van der Waals surface area contributed by atoms with Crippen molar-refractivity contribution < 1.29 is 0 Å². The fourth-order valence-corrected chi connectivity index (χ4v) is 6.88. The number of aromatic nitrogens is 1. The summed E-state index contributed by atoms with van der Waals surface area (Å²) in [5.41, 5.74) is 7.78. The summed E-state index contributed by atoms with van der Waals surface area (Å²) in [6.45, 7) is 0. The molecule has 0 aliphatic heterocycles. The number of nitrogens with zero attached hydrogens (tertiary/aromatic N) is 1. The van der Waals surface area contributed by atoms with Gasteiger partial charge in [0, 0.05) is 33.3 Å². The van der Waals surface area contributed by atoms with Crippen molar-refractivity contribution in [2.75, 3.05) is 0 Å². The van der Waals surface area contributed by atoms with E-state index in [9.17, 15) is 0 Å². The third-order valence-corrected chi connectivity index (χ3v) is 8.92. The van der Waals surface area contributed by atoms with Crippen LogP contribution in [0, 0.1) is 0 Å². The van der Waals surface area contributed by atoms with E-state index in [0.29, 0.717) is 0 Å². The zero-order valence-corrected chi connectivity index (χ0v) is 23.5. The molecule has 2 heteroatoms. The molecule has 2 aliphatic rings. The summed E-state index contributed by atoms with van der Waals surface area (Å²) in [5.74, 6) is 0. The van der Waals surface area contributed by atoms with Gasteiger partial charge in [0.2, 0.25) is 0 Å². The Morgan fingerprint density at radius 1 is 0.725 bits per heavy atom. The lowest BCUT2D eigenvalue weighted by Crippen LogP contribution is -2.13. The molecule has 2 aliphatic carbocycles. The largest absolute Gasteiger partial charge is 0.344 e. The van der Waals surface area contributed by atoms with E-state index < -0.39 is 0 Å². The van der Waals surface area contributed by atoms with Crippen molar-refractivity contribution in [3.63, 3.8) is 0 Å². The number of thiophene rings is 1. The Bertz CT molecular complexity index is 2030. The molecule has 2 aromatic heterocycles. The monoisotopic (exact) mass is 533 g/mol. The normalized spacial score (nSPS) is 15.2. The first-order valence-corrected chi connectivity index (χ1v) is 14.9. The highest BCUT2D eigenvalue weighted by Crippen LogP contribution is 2.37. The molecular weight excluding hydrogens is 502 g/mol. The lowest BCUT2D eigenvalue weighted by molar-refractivity contribution is 0.927. The Morgan fingerprint density at radius 3 is 2.52 bits per heavy atom. The first-order valence-electron chi connectivity index (χ1n) is 14.0. The Balaban J connectivity index is 0.000000133. The third kappa shape index (κ3) is 4.45. The number of benzene rings is 4. The van der Waals surface area contributed by atoms with E-state index in [1.807, 2.05) is 11.3 Å². The zero-order valence-electron chi connectivity index (χ0n) is 22.7. The summed E-state index contributed by atoms with van der Waals surface area (Å²) in [6, 6.07) is 28.4. The van der Waals surface area contributed by atoms with Crippen molar-refractivity contribution in [3.05, 3.63) is 137 Å². The molecule has 8 rings (SSSR count). The smallest absolute Gasteiger partial charge is 0.0501 e. The fourth-order valence-electron chi connectivity index (χ4n) is 5.97. The first kappa shape index (κ1) is 24.6. The third-order valence-electron chi connectivity index (χ3n) is 7.96. The van der Waals surface area contributed by atoms with Crippen LogP contribution in [0.25, 0.3) is 60.6 Å². The standard InChI is InChI=1S/C19H15NS.C19H16/c1-20-15-6-4-2-3-5-12-7-8-14-18(17(12)15)16(20)11-13-9-10-21-19(13)14;1-2-5-10-16(9-4-1)18-13-8-14-19(15-18)17-11-6-3-7-12-17/h3,5-11H,2,4H2,1H3;1,3-15H,2H2/b5-3?,15-6+;. The van der Waals surface area contributed by atoms with E-state index >= 15 is 0 Å². The highest BCUT2D eigenvalue weighted by molar-refractivity contribution is 7.18. The molecule has 0 bridgehead atoms. The van der Waals surface area contributed by atoms with Gasteiger partial charge in [0.25, 0.3) is 0 Å². The van der Waals surface area contributed by atoms with Crippen molar-refractivity contribution in [1.29, 1.82) is 0 Å². The molecule has 0 fully saturated rings. The van der Waals surface area contributed by atoms with Gasteiger partial charge in [-0.3, -0.25) is 0 Å². The van der Waals surface area contributed by atoms with Gasteiger partial charge in [-0.05, 0) is 76.1 Å². The van der Waals surface area contributed by atoms with E-state index in [0.717, 1.165) is 19.3 Å². The van der Waals surface area contributed by atoms with Crippen molar-refractivity contribution in [2.45, 2.75) is 19.3 Å². The number of fused-ring (bicyclic) bond motifs is 2. The van der Waals surface area contributed by atoms with Gasteiger partial charge in [-0.2, -0.15) is 0 Å². The summed E-state index contributed by atoms with van der Waals surface area (Å²) in [5, 5.41) is 9.20. The Kier molecular flexibility index (Phi) is 6.55. The number of allylic oxidation sites excluding steroid dienone is 7. The van der Waals surface area contributed by atoms with E-state index in [-0.39, 0.29) is 0 Å². The lowest BCUT2D eigenvalue weighted by atomic mass is 9.99. The summed E-state index contributed by atoms with van der Waals surface area (Å²) < 4.78 is 3.79. The number of hydrogen-bond acceptors (Lipinski definition) is 1. The second-order valence-corrected chi connectivity index (χ2v) is 11.4. The highest BCUT2D eigenvalue weighted by atomic mass is 32.1. The van der Waals surface area contributed by atoms with Crippen LogP contribution in [0.15, 0.2) is 121 Å².